The topological polar surface area (TPSA) is 78.0 Å². The number of anilines is 1. The molecule has 0 radical (unpaired) electrons. The highest BCUT2D eigenvalue weighted by Gasteiger charge is 2.22. The molecule has 3 N–H and O–H groups in total. The fourth-order valence-corrected chi connectivity index (χ4v) is 4.14. The van der Waals surface area contributed by atoms with Gasteiger partial charge >= 0.3 is 6.09 Å². The molecule has 1 aliphatic rings. The van der Waals surface area contributed by atoms with Crippen molar-refractivity contribution < 1.29 is 9.53 Å². The molecule has 7 nitrogen and oxygen atoms in total. The van der Waals surface area contributed by atoms with Gasteiger partial charge in [-0.15, -0.1) is 35.3 Å². The zero-order valence-corrected chi connectivity index (χ0v) is 22.0. The Labute approximate surface area is 202 Å². The second-order valence-electron chi connectivity index (χ2n) is 8.44. The Morgan fingerprint density at radius 1 is 1.37 bits per heavy atom. The van der Waals surface area contributed by atoms with Gasteiger partial charge < -0.3 is 25.6 Å². The third kappa shape index (κ3) is 9.72. The lowest BCUT2D eigenvalue weighted by atomic mass is 10.1. The first kappa shape index (κ1) is 26.8. The van der Waals surface area contributed by atoms with E-state index in [0.29, 0.717) is 12.6 Å². The van der Waals surface area contributed by atoms with Gasteiger partial charge in [-0.25, -0.2) is 4.79 Å². The highest BCUT2D eigenvalue weighted by atomic mass is 127. The molecule has 1 amide bonds. The predicted octanol–water partition coefficient (Wildman–Crippen LogP) is 4.19. The number of piperidine rings is 1. The minimum Gasteiger partial charge on any atom is -0.444 e. The van der Waals surface area contributed by atoms with E-state index in [1.807, 2.05) is 20.8 Å². The highest BCUT2D eigenvalue weighted by molar-refractivity contribution is 14.0. The summed E-state index contributed by atoms with van der Waals surface area (Å²) >= 11 is 1.80. The van der Waals surface area contributed by atoms with E-state index in [-0.39, 0.29) is 36.1 Å². The van der Waals surface area contributed by atoms with Gasteiger partial charge in [0.05, 0.1) is 5.00 Å². The van der Waals surface area contributed by atoms with Crippen LogP contribution in [0.25, 0.3) is 0 Å². The van der Waals surface area contributed by atoms with Crippen molar-refractivity contribution in [3.63, 3.8) is 0 Å². The maximum atomic E-state index is 12.1. The molecular weight excluding hydrogens is 513 g/mol. The number of hydrogen-bond donors (Lipinski definition) is 3. The molecule has 0 saturated carbocycles. The van der Waals surface area contributed by atoms with E-state index in [1.54, 1.807) is 18.4 Å². The first-order chi connectivity index (χ1) is 13.8. The molecule has 9 heteroatoms. The van der Waals surface area contributed by atoms with Crippen molar-refractivity contribution in [2.45, 2.75) is 71.1 Å². The lowest BCUT2D eigenvalue weighted by Crippen LogP contribution is -2.52. The van der Waals surface area contributed by atoms with Crippen LogP contribution < -0.4 is 20.9 Å². The van der Waals surface area contributed by atoms with Crippen LogP contribution in [-0.2, 0) is 4.74 Å². The van der Waals surface area contributed by atoms with Gasteiger partial charge in [0.1, 0.15) is 5.60 Å². The monoisotopic (exact) mass is 551 g/mol. The van der Waals surface area contributed by atoms with Gasteiger partial charge in [-0.05, 0) is 57.5 Å². The Morgan fingerprint density at radius 2 is 2.07 bits per heavy atom. The quantitative estimate of drug-likeness (QED) is 0.269. The fraction of sp³-hybridized carbons (Fsp3) is 0.714. The van der Waals surface area contributed by atoms with Crippen molar-refractivity contribution in [2.24, 2.45) is 4.99 Å². The molecule has 1 fully saturated rings. The summed E-state index contributed by atoms with van der Waals surface area (Å²) in [6, 6.07) is 4.69. The van der Waals surface area contributed by atoms with Crippen LogP contribution in [0.3, 0.4) is 0 Å². The molecule has 172 valence electrons. The molecule has 1 aromatic rings. The predicted molar refractivity (Wildman–Crippen MR) is 138 cm³/mol. The maximum Gasteiger partial charge on any atom is 0.407 e. The van der Waals surface area contributed by atoms with E-state index in [0.717, 1.165) is 44.7 Å². The van der Waals surface area contributed by atoms with Gasteiger partial charge in [0, 0.05) is 38.8 Å². The summed E-state index contributed by atoms with van der Waals surface area (Å²) in [6.45, 7) is 10.4. The van der Waals surface area contributed by atoms with Gasteiger partial charge in [0.2, 0.25) is 0 Å². The molecule has 1 unspecified atom stereocenters. The number of hydrogen-bond acceptors (Lipinski definition) is 5. The summed E-state index contributed by atoms with van der Waals surface area (Å²) in [5.74, 6) is 0.784. The number of guanidine groups is 1. The highest BCUT2D eigenvalue weighted by Crippen LogP contribution is 2.24. The van der Waals surface area contributed by atoms with Gasteiger partial charge in [-0.3, -0.25) is 4.99 Å². The molecule has 2 heterocycles. The summed E-state index contributed by atoms with van der Waals surface area (Å²) in [5, 5.41) is 13.3. The van der Waals surface area contributed by atoms with Crippen molar-refractivity contribution in [1.82, 2.24) is 16.0 Å². The van der Waals surface area contributed by atoms with Crippen LogP contribution in [0.2, 0.25) is 0 Å². The van der Waals surface area contributed by atoms with Gasteiger partial charge in [0.25, 0.3) is 0 Å². The smallest absolute Gasteiger partial charge is 0.407 e. The van der Waals surface area contributed by atoms with Crippen LogP contribution in [0, 0.1) is 0 Å². The van der Waals surface area contributed by atoms with E-state index >= 15 is 0 Å². The number of rotatable bonds is 7. The second-order valence-corrected chi connectivity index (χ2v) is 9.37. The average Bonchev–Trinajstić information content (AvgIpc) is 3.18. The number of thiophene rings is 1. The Morgan fingerprint density at radius 3 is 2.60 bits per heavy atom. The number of alkyl carbamates (subject to hydrolysis) is 1. The number of carbonyl (C=O) groups excluding carboxylic acids is 1. The normalized spacial score (nSPS) is 16.4. The van der Waals surface area contributed by atoms with E-state index in [2.05, 4.69) is 50.3 Å². The van der Waals surface area contributed by atoms with Crippen molar-refractivity contribution in [3.8, 4) is 0 Å². The molecule has 1 saturated heterocycles. The summed E-state index contributed by atoms with van der Waals surface area (Å²) in [7, 11) is 1.78. The zero-order chi connectivity index (χ0) is 21.3. The van der Waals surface area contributed by atoms with E-state index in [4.69, 9.17) is 4.74 Å². The van der Waals surface area contributed by atoms with E-state index in [1.165, 1.54) is 5.00 Å². The fourth-order valence-electron chi connectivity index (χ4n) is 3.35. The van der Waals surface area contributed by atoms with Gasteiger partial charge in [0.15, 0.2) is 5.96 Å². The Balaban J connectivity index is 0.00000450. The number of nitrogens with one attached hydrogen (secondary N) is 3. The van der Waals surface area contributed by atoms with Gasteiger partial charge in [-0.1, -0.05) is 13.3 Å². The third-order valence-electron chi connectivity index (χ3n) is 4.75. The number of nitrogens with zero attached hydrogens (tertiary/aromatic N) is 2. The van der Waals surface area contributed by atoms with Crippen molar-refractivity contribution in [3.05, 3.63) is 17.5 Å². The summed E-state index contributed by atoms with van der Waals surface area (Å²) < 4.78 is 5.38. The maximum absolute atomic E-state index is 12.1. The first-order valence-electron chi connectivity index (χ1n) is 10.6. The van der Waals surface area contributed by atoms with Crippen molar-refractivity contribution >= 4 is 52.4 Å². The molecule has 2 rings (SSSR count). The molecule has 0 aromatic carbocycles. The molecule has 1 atom stereocenters. The summed E-state index contributed by atoms with van der Waals surface area (Å²) in [6.07, 6.45) is 3.64. The first-order valence-corrected chi connectivity index (χ1v) is 11.4. The number of halogens is 1. The van der Waals surface area contributed by atoms with E-state index in [9.17, 15) is 4.79 Å². The van der Waals surface area contributed by atoms with Crippen LogP contribution in [-0.4, -0.2) is 56.4 Å². The van der Waals surface area contributed by atoms with E-state index < -0.39 is 5.60 Å². The number of amides is 1. The van der Waals surface area contributed by atoms with Crippen LogP contribution in [0.5, 0.6) is 0 Å². The summed E-state index contributed by atoms with van der Waals surface area (Å²) in [5.41, 5.74) is -0.496. The number of carbonyl (C=O) groups is 1. The minimum absolute atomic E-state index is 0. The van der Waals surface area contributed by atoms with Crippen molar-refractivity contribution in [2.75, 3.05) is 31.6 Å². The minimum atomic E-state index is -0.496. The zero-order valence-electron chi connectivity index (χ0n) is 18.9. The molecule has 30 heavy (non-hydrogen) atoms. The van der Waals surface area contributed by atoms with Crippen LogP contribution in [0.1, 0.15) is 53.4 Å². The van der Waals surface area contributed by atoms with Crippen molar-refractivity contribution in [1.29, 1.82) is 0 Å². The molecule has 0 bridgehead atoms. The average molecular weight is 552 g/mol. The molecule has 1 aromatic heterocycles. The largest absolute Gasteiger partial charge is 0.444 e. The Hall–Kier alpha value is -1.23. The lowest BCUT2D eigenvalue weighted by molar-refractivity contribution is 0.0502. The molecule has 0 aliphatic carbocycles. The van der Waals surface area contributed by atoms with Crippen LogP contribution in [0.15, 0.2) is 22.5 Å². The molecular formula is C21H38IN5O2S. The molecule has 1 aliphatic heterocycles. The van der Waals surface area contributed by atoms with Crippen LogP contribution >= 0.6 is 35.3 Å². The lowest BCUT2D eigenvalue weighted by Gasteiger charge is -2.33. The Kier molecular flexibility index (Phi) is 11.8. The number of aliphatic imine (C=N–C) groups is 1. The number of ether oxygens (including phenoxy) is 1. The van der Waals surface area contributed by atoms with Gasteiger partial charge in [-0.2, -0.15) is 0 Å². The standard InChI is InChI=1S/C21H37N5O2S.HI/c1-6-8-17(25-20(27)28-21(2,3)4)15-23-19(22-5)24-16-10-12-26(13-11-16)18-9-7-14-29-18;/h7,9,14,16-17H,6,8,10-13,15H2,1-5H3,(H,25,27)(H2,22,23,24);1H. The second kappa shape index (κ2) is 13.2. The SMILES string of the molecule is CCCC(CNC(=NC)NC1CCN(c2cccs2)CC1)NC(=O)OC(C)(C)C.I. The molecule has 0 spiro atoms. The Bertz CT molecular complexity index is 640. The third-order valence-corrected chi connectivity index (χ3v) is 5.68. The summed E-state index contributed by atoms with van der Waals surface area (Å²) in [4.78, 5) is 18.9. The van der Waals surface area contributed by atoms with Crippen LogP contribution in [0.4, 0.5) is 9.80 Å².